The fraction of sp³-hybridized carbons (Fsp3) is 0.300. The van der Waals surface area contributed by atoms with Crippen LogP contribution in [0.25, 0.3) is 22.2 Å². The molecule has 0 aliphatic carbocycles. The fourth-order valence-corrected chi connectivity index (χ4v) is 5.66. The van der Waals surface area contributed by atoms with Crippen LogP contribution in [0.15, 0.2) is 66.7 Å². The number of aromatic nitrogens is 2. The number of H-pyrrole nitrogens is 1. The van der Waals surface area contributed by atoms with Gasteiger partial charge in [0.25, 0.3) is 0 Å². The largest absolute Gasteiger partial charge is 0.383 e. The third-order valence-electron chi connectivity index (χ3n) is 7.41. The molecule has 6 nitrogen and oxygen atoms in total. The highest BCUT2D eigenvalue weighted by atomic mass is 35.5. The summed E-state index contributed by atoms with van der Waals surface area (Å²) < 4.78 is 5.24. The Morgan fingerprint density at radius 3 is 2.76 bits per heavy atom. The Balaban J connectivity index is 1.34. The van der Waals surface area contributed by atoms with Gasteiger partial charge < -0.3 is 25.3 Å². The molecule has 0 atom stereocenters. The van der Waals surface area contributed by atoms with Crippen LogP contribution in [-0.2, 0) is 4.74 Å². The van der Waals surface area contributed by atoms with Crippen LogP contribution in [0.4, 0.5) is 11.4 Å². The molecule has 6 rings (SSSR count). The van der Waals surface area contributed by atoms with Gasteiger partial charge in [0.05, 0.1) is 17.6 Å². The van der Waals surface area contributed by atoms with Crippen molar-refractivity contribution in [1.82, 2.24) is 14.9 Å². The van der Waals surface area contributed by atoms with E-state index in [1.54, 1.807) is 7.11 Å². The minimum atomic E-state index is 0.474. The molecule has 0 amide bonds. The van der Waals surface area contributed by atoms with Crippen LogP contribution in [0.5, 0.6) is 0 Å². The van der Waals surface area contributed by atoms with Crippen LogP contribution in [0.1, 0.15) is 29.8 Å². The Hall–Kier alpha value is -3.32. The third kappa shape index (κ3) is 5.10. The first kappa shape index (κ1) is 24.0. The van der Waals surface area contributed by atoms with Crippen LogP contribution in [0.2, 0.25) is 5.02 Å². The van der Waals surface area contributed by atoms with E-state index < -0.39 is 0 Å². The van der Waals surface area contributed by atoms with Crippen molar-refractivity contribution in [3.8, 4) is 0 Å². The van der Waals surface area contributed by atoms with Crippen molar-refractivity contribution in [3.63, 3.8) is 0 Å². The molecule has 0 bridgehead atoms. The molecule has 3 heterocycles. The van der Waals surface area contributed by atoms with Crippen LogP contribution in [0, 0.1) is 0 Å². The first-order valence-corrected chi connectivity index (χ1v) is 13.4. The van der Waals surface area contributed by atoms with Gasteiger partial charge >= 0.3 is 0 Å². The molecule has 3 aromatic carbocycles. The van der Waals surface area contributed by atoms with Gasteiger partial charge in [-0.3, -0.25) is 0 Å². The smallest absolute Gasteiger partial charge is 0.139 e. The van der Waals surface area contributed by atoms with Crippen molar-refractivity contribution >= 4 is 45.2 Å². The highest BCUT2D eigenvalue weighted by Gasteiger charge is 2.25. The van der Waals surface area contributed by atoms with Gasteiger partial charge in [-0.2, -0.15) is 0 Å². The summed E-state index contributed by atoms with van der Waals surface area (Å²) in [5.74, 6) is 0.856. The normalized spacial score (nSPS) is 17.6. The lowest BCUT2D eigenvalue weighted by atomic mass is 9.94. The van der Waals surface area contributed by atoms with Gasteiger partial charge in [0.2, 0.25) is 0 Å². The molecule has 0 radical (unpaired) electrons. The number of ether oxygens (including phenoxy) is 1. The van der Waals surface area contributed by atoms with Crippen LogP contribution in [-0.4, -0.2) is 60.8 Å². The number of nitrogens with zero attached hydrogens (tertiary/aromatic N) is 2. The Labute approximate surface area is 222 Å². The first-order chi connectivity index (χ1) is 18.2. The van der Waals surface area contributed by atoms with E-state index in [1.807, 2.05) is 36.4 Å². The number of nitrogens with one attached hydrogen (secondary N) is 3. The third-order valence-corrected chi connectivity index (χ3v) is 7.65. The zero-order valence-corrected chi connectivity index (χ0v) is 21.8. The Morgan fingerprint density at radius 1 is 1.08 bits per heavy atom. The summed E-state index contributed by atoms with van der Waals surface area (Å²) in [6.07, 6.45) is 2.27. The van der Waals surface area contributed by atoms with Crippen molar-refractivity contribution in [2.45, 2.75) is 18.9 Å². The highest BCUT2D eigenvalue weighted by molar-refractivity contribution is 6.30. The number of piperidine rings is 1. The second kappa shape index (κ2) is 10.6. The highest BCUT2D eigenvalue weighted by Crippen LogP contribution is 2.40. The van der Waals surface area contributed by atoms with Crippen molar-refractivity contribution < 1.29 is 4.74 Å². The lowest BCUT2D eigenvalue weighted by molar-refractivity contribution is 0.132. The van der Waals surface area contributed by atoms with Gasteiger partial charge in [0.1, 0.15) is 5.82 Å². The number of para-hydroxylation sites is 2. The zero-order valence-electron chi connectivity index (χ0n) is 21.1. The lowest BCUT2D eigenvalue weighted by Crippen LogP contribution is -2.40. The summed E-state index contributed by atoms with van der Waals surface area (Å²) in [5.41, 5.74) is 8.84. The molecule has 4 aromatic rings. The predicted molar refractivity (Wildman–Crippen MR) is 153 cm³/mol. The maximum absolute atomic E-state index is 6.44. The molecule has 1 fully saturated rings. The number of likely N-dealkylation sites (tertiary alicyclic amines) is 1. The lowest BCUT2D eigenvalue weighted by Gasteiger charge is -2.32. The molecule has 1 aromatic heterocycles. The van der Waals surface area contributed by atoms with E-state index in [4.69, 9.17) is 21.3 Å². The number of hydrogen-bond donors (Lipinski definition) is 3. The summed E-state index contributed by atoms with van der Waals surface area (Å²) in [6.45, 7) is 4.74. The number of benzene rings is 3. The Kier molecular flexibility index (Phi) is 6.87. The van der Waals surface area contributed by atoms with E-state index in [9.17, 15) is 0 Å². The number of hydrogen-bond acceptors (Lipinski definition) is 5. The van der Waals surface area contributed by atoms with Crippen molar-refractivity contribution in [1.29, 1.82) is 0 Å². The summed E-state index contributed by atoms with van der Waals surface area (Å²) >= 11 is 6.44. The van der Waals surface area contributed by atoms with E-state index in [0.29, 0.717) is 11.1 Å². The molecule has 2 aliphatic heterocycles. The van der Waals surface area contributed by atoms with E-state index in [-0.39, 0.29) is 0 Å². The minimum Gasteiger partial charge on any atom is -0.383 e. The average molecular weight is 514 g/mol. The number of aromatic amines is 1. The van der Waals surface area contributed by atoms with E-state index in [0.717, 1.165) is 85.0 Å². The number of anilines is 2. The minimum absolute atomic E-state index is 0.474. The quantitative estimate of drug-likeness (QED) is 0.278. The Bertz CT molecular complexity index is 1400. The first-order valence-electron chi connectivity index (χ1n) is 13.0. The van der Waals surface area contributed by atoms with Crippen LogP contribution in [0.3, 0.4) is 0 Å². The van der Waals surface area contributed by atoms with Crippen LogP contribution >= 0.6 is 11.6 Å². The maximum Gasteiger partial charge on any atom is 0.139 e. The van der Waals surface area contributed by atoms with Gasteiger partial charge in [-0.15, -0.1) is 0 Å². The van der Waals surface area contributed by atoms with Gasteiger partial charge in [-0.05, 0) is 66.4 Å². The molecule has 190 valence electrons. The molecule has 2 aliphatic rings. The molecule has 1 saturated heterocycles. The summed E-state index contributed by atoms with van der Waals surface area (Å²) in [5, 5.41) is 8.11. The van der Waals surface area contributed by atoms with Gasteiger partial charge in [-0.25, -0.2) is 4.98 Å². The van der Waals surface area contributed by atoms with Crippen LogP contribution < -0.4 is 10.6 Å². The number of methoxy groups -OCH3 is 1. The summed E-state index contributed by atoms with van der Waals surface area (Å²) in [4.78, 5) is 11.0. The van der Waals surface area contributed by atoms with E-state index in [1.165, 1.54) is 11.1 Å². The molecule has 37 heavy (non-hydrogen) atoms. The second-order valence-corrected chi connectivity index (χ2v) is 10.3. The summed E-state index contributed by atoms with van der Waals surface area (Å²) in [6, 6.07) is 23.3. The molecular weight excluding hydrogens is 482 g/mol. The monoisotopic (exact) mass is 513 g/mol. The number of imidazole rings is 1. The van der Waals surface area contributed by atoms with Gasteiger partial charge in [-0.1, -0.05) is 35.9 Å². The molecule has 3 N–H and O–H groups in total. The predicted octanol–water partition coefficient (Wildman–Crippen LogP) is 6.12. The molecule has 7 heteroatoms. The fourth-order valence-electron chi connectivity index (χ4n) is 5.47. The number of rotatable bonds is 7. The van der Waals surface area contributed by atoms with Gasteiger partial charge in [0.15, 0.2) is 0 Å². The van der Waals surface area contributed by atoms with E-state index >= 15 is 0 Å². The molecular formula is C30H32ClN5O. The standard InChI is InChI=1S/C30H32ClN5O/c1-37-16-15-36-13-11-22(12-14-36)33-23-9-10-26-24(18-23)25(19-32-26)29(20-5-4-6-21(31)17-20)30-34-27-7-2-3-8-28(27)35-30/h2-10,17-18,22,32-33H,11-16,19H2,1H3,(H,34,35). The van der Waals surface area contributed by atoms with E-state index in [2.05, 4.69) is 50.8 Å². The molecule has 0 spiro atoms. The Morgan fingerprint density at radius 2 is 1.95 bits per heavy atom. The summed E-state index contributed by atoms with van der Waals surface area (Å²) in [7, 11) is 1.77. The molecule has 0 saturated carbocycles. The molecule has 0 unspecified atom stereocenters. The van der Waals surface area contributed by atoms with Crippen molar-refractivity contribution in [3.05, 3.63) is 88.7 Å². The van der Waals surface area contributed by atoms with Gasteiger partial charge in [0, 0.05) is 66.9 Å². The second-order valence-electron chi connectivity index (χ2n) is 9.83. The topological polar surface area (TPSA) is 65.2 Å². The van der Waals surface area contributed by atoms with Crippen molar-refractivity contribution in [2.75, 3.05) is 50.5 Å². The van der Waals surface area contributed by atoms with Crippen molar-refractivity contribution in [2.24, 2.45) is 0 Å². The number of fused-ring (bicyclic) bond motifs is 2. The maximum atomic E-state index is 6.44. The SMILES string of the molecule is COCCN1CCC(Nc2ccc3c(c2)C(=C(c2cccc(Cl)c2)c2nc4ccccc4[nH]2)CN3)CC1. The zero-order chi connectivity index (χ0) is 25.2. The number of halogens is 1. The average Bonchev–Trinajstić information content (AvgIpc) is 3.53.